The number of guanidine groups is 1. The summed E-state index contributed by atoms with van der Waals surface area (Å²) < 4.78 is 11.4. The second kappa shape index (κ2) is 8.94. The van der Waals surface area contributed by atoms with Crippen molar-refractivity contribution in [3.8, 4) is 11.5 Å². The Hall–Kier alpha value is -1.95. The number of ether oxygens (including phenoxy) is 2. The minimum Gasteiger partial charge on any atom is -0.490 e. The van der Waals surface area contributed by atoms with Crippen LogP contribution in [0.2, 0.25) is 0 Å². The summed E-state index contributed by atoms with van der Waals surface area (Å²) in [7, 11) is 1.80. The van der Waals surface area contributed by atoms with Crippen LogP contribution in [0.1, 0.15) is 26.2 Å². The molecule has 2 heterocycles. The van der Waals surface area contributed by atoms with E-state index in [1.165, 1.54) is 32.5 Å². The van der Waals surface area contributed by atoms with E-state index >= 15 is 0 Å². The summed E-state index contributed by atoms with van der Waals surface area (Å²) in [6.07, 6.45) is 3.40. The van der Waals surface area contributed by atoms with Gasteiger partial charge < -0.3 is 25.0 Å². The maximum atomic E-state index is 5.75. The molecular formula is C19H30N4O2. The molecule has 1 fully saturated rings. The Morgan fingerprint density at radius 3 is 2.92 bits per heavy atom. The zero-order valence-electron chi connectivity index (χ0n) is 15.4. The zero-order valence-corrected chi connectivity index (χ0v) is 15.4. The summed E-state index contributed by atoms with van der Waals surface area (Å²) >= 11 is 0. The minimum atomic E-state index is 0.689. The van der Waals surface area contributed by atoms with Crippen molar-refractivity contribution >= 4 is 11.6 Å². The molecule has 0 aromatic heterocycles. The number of likely N-dealkylation sites (tertiary alicyclic amines) is 1. The molecule has 2 aliphatic rings. The highest BCUT2D eigenvalue weighted by molar-refractivity contribution is 5.93. The van der Waals surface area contributed by atoms with Crippen molar-refractivity contribution in [3.63, 3.8) is 0 Å². The topological polar surface area (TPSA) is 58.1 Å². The Morgan fingerprint density at radius 1 is 1.28 bits per heavy atom. The third kappa shape index (κ3) is 5.01. The summed E-state index contributed by atoms with van der Waals surface area (Å²) in [5.74, 6) is 3.09. The van der Waals surface area contributed by atoms with Crippen molar-refractivity contribution in [2.45, 2.75) is 26.2 Å². The quantitative estimate of drug-likeness (QED) is 0.634. The molecule has 2 aliphatic heterocycles. The van der Waals surface area contributed by atoms with Crippen LogP contribution in [0.3, 0.4) is 0 Å². The zero-order chi connectivity index (χ0) is 17.5. The predicted octanol–water partition coefficient (Wildman–Crippen LogP) is 2.57. The Kier molecular flexibility index (Phi) is 6.39. The van der Waals surface area contributed by atoms with Gasteiger partial charge in [-0.15, -0.1) is 0 Å². The number of nitrogens with one attached hydrogen (secondary N) is 2. The first-order valence-electron chi connectivity index (χ1n) is 9.38. The van der Waals surface area contributed by atoms with E-state index in [0.29, 0.717) is 19.1 Å². The molecule has 1 atom stereocenters. The fourth-order valence-corrected chi connectivity index (χ4v) is 3.40. The van der Waals surface area contributed by atoms with Gasteiger partial charge in [0, 0.05) is 38.3 Å². The van der Waals surface area contributed by atoms with E-state index in [4.69, 9.17) is 9.47 Å². The Balaban J connectivity index is 1.52. The molecule has 0 saturated carbocycles. The van der Waals surface area contributed by atoms with Crippen molar-refractivity contribution in [2.75, 3.05) is 51.8 Å². The van der Waals surface area contributed by atoms with Gasteiger partial charge in [0.25, 0.3) is 0 Å². The van der Waals surface area contributed by atoms with Crippen LogP contribution in [0.5, 0.6) is 11.5 Å². The second-order valence-electron chi connectivity index (χ2n) is 6.75. The van der Waals surface area contributed by atoms with Crippen LogP contribution in [0.4, 0.5) is 5.69 Å². The van der Waals surface area contributed by atoms with E-state index in [0.717, 1.165) is 36.1 Å². The van der Waals surface area contributed by atoms with Crippen LogP contribution >= 0.6 is 0 Å². The average Bonchev–Trinajstić information content (AvgIpc) is 2.94. The Bertz CT molecular complexity index is 591. The fourth-order valence-electron chi connectivity index (χ4n) is 3.40. The highest BCUT2D eigenvalue weighted by Crippen LogP contribution is 2.32. The molecule has 25 heavy (non-hydrogen) atoms. The number of aliphatic imine (C=N–C) groups is 1. The number of benzene rings is 1. The van der Waals surface area contributed by atoms with E-state index in [-0.39, 0.29) is 0 Å². The van der Waals surface area contributed by atoms with Crippen molar-refractivity contribution < 1.29 is 9.47 Å². The molecule has 138 valence electrons. The maximum absolute atomic E-state index is 5.75. The van der Waals surface area contributed by atoms with Crippen LogP contribution in [0, 0.1) is 5.92 Å². The van der Waals surface area contributed by atoms with E-state index in [2.05, 4.69) is 27.4 Å². The van der Waals surface area contributed by atoms with Crippen molar-refractivity contribution in [3.05, 3.63) is 18.2 Å². The molecule has 0 amide bonds. The molecule has 0 spiro atoms. The number of fused-ring (bicyclic) bond motifs is 1. The highest BCUT2D eigenvalue weighted by Gasteiger charge is 2.21. The summed E-state index contributed by atoms with van der Waals surface area (Å²) in [4.78, 5) is 6.89. The van der Waals surface area contributed by atoms with Gasteiger partial charge in [0.2, 0.25) is 0 Å². The molecular weight excluding hydrogens is 316 g/mol. The van der Waals surface area contributed by atoms with Crippen LogP contribution < -0.4 is 20.1 Å². The van der Waals surface area contributed by atoms with Gasteiger partial charge in [0.05, 0.1) is 13.2 Å². The minimum absolute atomic E-state index is 0.689. The van der Waals surface area contributed by atoms with Gasteiger partial charge in [0.15, 0.2) is 17.5 Å². The molecule has 6 heteroatoms. The first-order valence-corrected chi connectivity index (χ1v) is 9.38. The smallest absolute Gasteiger partial charge is 0.195 e. The van der Waals surface area contributed by atoms with Crippen LogP contribution in [0.15, 0.2) is 23.2 Å². The predicted molar refractivity (Wildman–Crippen MR) is 102 cm³/mol. The van der Waals surface area contributed by atoms with Crippen LogP contribution in [0.25, 0.3) is 0 Å². The lowest BCUT2D eigenvalue weighted by Gasteiger charge is -2.17. The Morgan fingerprint density at radius 2 is 2.12 bits per heavy atom. The summed E-state index contributed by atoms with van der Waals surface area (Å²) in [6.45, 7) is 8.20. The van der Waals surface area contributed by atoms with E-state index < -0.39 is 0 Å². The Labute approximate surface area is 150 Å². The van der Waals surface area contributed by atoms with Crippen molar-refractivity contribution in [1.29, 1.82) is 0 Å². The molecule has 1 unspecified atom stereocenters. The van der Waals surface area contributed by atoms with Gasteiger partial charge in [-0.2, -0.15) is 0 Å². The first kappa shape index (κ1) is 17.9. The third-order valence-electron chi connectivity index (χ3n) is 4.70. The molecule has 0 aliphatic carbocycles. The van der Waals surface area contributed by atoms with Gasteiger partial charge in [-0.3, -0.25) is 4.99 Å². The molecule has 1 saturated heterocycles. The van der Waals surface area contributed by atoms with Crippen molar-refractivity contribution in [1.82, 2.24) is 10.2 Å². The summed E-state index contributed by atoms with van der Waals surface area (Å²) in [5.41, 5.74) is 0.955. The van der Waals surface area contributed by atoms with Crippen LogP contribution in [-0.2, 0) is 0 Å². The van der Waals surface area contributed by atoms with Gasteiger partial charge in [-0.05, 0) is 44.0 Å². The second-order valence-corrected chi connectivity index (χ2v) is 6.75. The van der Waals surface area contributed by atoms with Crippen molar-refractivity contribution in [2.24, 2.45) is 10.9 Å². The number of hydrogen-bond donors (Lipinski definition) is 2. The largest absolute Gasteiger partial charge is 0.490 e. The lowest BCUT2D eigenvalue weighted by atomic mass is 10.1. The lowest BCUT2D eigenvalue weighted by Crippen LogP contribution is -2.35. The number of rotatable bonds is 5. The summed E-state index contributed by atoms with van der Waals surface area (Å²) in [5, 5.41) is 6.80. The number of anilines is 1. The van der Waals surface area contributed by atoms with Gasteiger partial charge in [-0.1, -0.05) is 6.92 Å². The standard InChI is InChI=1S/C19H30N4O2/c1-3-8-23-9-7-15(14-23)13-21-19(20-2)22-16-5-6-17-18(12-16)25-11-4-10-24-17/h5-6,12,15H,3-4,7-11,13-14H2,1-2H3,(H2,20,21,22). The van der Waals surface area contributed by atoms with Gasteiger partial charge in [0.1, 0.15) is 0 Å². The number of hydrogen-bond acceptors (Lipinski definition) is 4. The molecule has 6 nitrogen and oxygen atoms in total. The van der Waals surface area contributed by atoms with E-state index in [9.17, 15) is 0 Å². The SMILES string of the molecule is CCCN1CCC(CNC(=NC)Nc2ccc3c(c2)OCCCO3)C1. The van der Waals surface area contributed by atoms with Crippen LogP contribution in [-0.4, -0.2) is 57.3 Å². The molecule has 1 aromatic carbocycles. The van der Waals surface area contributed by atoms with E-state index in [1.54, 1.807) is 7.05 Å². The normalized spacial score (nSPS) is 21.0. The summed E-state index contributed by atoms with van der Waals surface area (Å²) in [6, 6.07) is 5.93. The lowest BCUT2D eigenvalue weighted by molar-refractivity contribution is 0.297. The molecule has 0 bridgehead atoms. The highest BCUT2D eigenvalue weighted by atomic mass is 16.5. The fraction of sp³-hybridized carbons (Fsp3) is 0.632. The first-order chi connectivity index (χ1) is 12.3. The molecule has 2 N–H and O–H groups in total. The third-order valence-corrected chi connectivity index (χ3v) is 4.70. The van der Waals surface area contributed by atoms with Gasteiger partial charge in [-0.25, -0.2) is 0 Å². The molecule has 1 aromatic rings. The monoisotopic (exact) mass is 346 g/mol. The van der Waals surface area contributed by atoms with E-state index in [1.807, 2.05) is 18.2 Å². The van der Waals surface area contributed by atoms with Gasteiger partial charge >= 0.3 is 0 Å². The molecule has 3 rings (SSSR count). The average molecular weight is 346 g/mol. The number of nitrogens with zero attached hydrogens (tertiary/aromatic N) is 2. The maximum Gasteiger partial charge on any atom is 0.195 e. The molecule has 0 radical (unpaired) electrons.